The van der Waals surface area contributed by atoms with Crippen molar-refractivity contribution in [1.82, 2.24) is 18.3 Å². The van der Waals surface area contributed by atoms with E-state index in [9.17, 15) is 8.42 Å². The summed E-state index contributed by atoms with van der Waals surface area (Å²) in [5.41, 5.74) is 2.40. The molecule has 10 heteroatoms. The molecule has 0 saturated carbocycles. The van der Waals surface area contributed by atoms with Gasteiger partial charge >= 0.3 is 0 Å². The molecule has 0 amide bonds. The third-order valence-electron chi connectivity index (χ3n) is 6.41. The molecule has 0 spiro atoms. The zero-order chi connectivity index (χ0) is 25.3. The van der Waals surface area contributed by atoms with Gasteiger partial charge in [-0.25, -0.2) is 8.42 Å². The minimum Gasteiger partial charge on any atom is -0.495 e. The van der Waals surface area contributed by atoms with E-state index in [0.29, 0.717) is 30.3 Å². The first kappa shape index (κ1) is 25.8. The molecule has 0 N–H and O–H groups in total. The van der Waals surface area contributed by atoms with Gasteiger partial charge in [0.2, 0.25) is 10.0 Å². The number of benzene rings is 2. The minimum atomic E-state index is -3.62. The highest BCUT2D eigenvalue weighted by Gasteiger charge is 2.26. The Labute approximate surface area is 212 Å². The summed E-state index contributed by atoms with van der Waals surface area (Å²) in [6, 6.07) is 13.0. The maximum atomic E-state index is 13.3. The van der Waals surface area contributed by atoms with Crippen LogP contribution in [0.5, 0.6) is 5.75 Å². The van der Waals surface area contributed by atoms with Crippen LogP contribution in [0.4, 0.5) is 0 Å². The van der Waals surface area contributed by atoms with Gasteiger partial charge in [0.15, 0.2) is 4.77 Å². The monoisotopic (exact) mass is 518 g/mol. The fourth-order valence-corrected chi connectivity index (χ4v) is 6.72. The molecule has 0 bridgehead atoms. The number of hydrogen-bond donors (Lipinski definition) is 0. The summed E-state index contributed by atoms with van der Waals surface area (Å²) in [6.45, 7) is 10.7. The molecule has 1 aliphatic heterocycles. The first-order valence-electron chi connectivity index (χ1n) is 12.0. The summed E-state index contributed by atoms with van der Waals surface area (Å²) in [6.07, 6.45) is 0.211. The molecular formula is C25H34N4O4S2. The van der Waals surface area contributed by atoms with E-state index in [0.717, 1.165) is 29.8 Å². The third kappa shape index (κ3) is 4.90. The summed E-state index contributed by atoms with van der Waals surface area (Å²) >= 11 is 6.00. The van der Waals surface area contributed by atoms with Gasteiger partial charge < -0.3 is 14.0 Å². The highest BCUT2D eigenvalue weighted by atomic mass is 32.2. The van der Waals surface area contributed by atoms with Crippen LogP contribution in [-0.4, -0.2) is 72.3 Å². The Morgan fingerprint density at radius 1 is 1.06 bits per heavy atom. The fourth-order valence-electron chi connectivity index (χ4n) is 4.89. The number of imidazole rings is 1. The lowest BCUT2D eigenvalue weighted by atomic mass is 10.2. The van der Waals surface area contributed by atoms with Gasteiger partial charge in [0.05, 0.1) is 47.6 Å². The van der Waals surface area contributed by atoms with Crippen molar-refractivity contribution < 1.29 is 17.9 Å². The van der Waals surface area contributed by atoms with Crippen molar-refractivity contribution in [2.75, 3.05) is 33.3 Å². The molecule has 190 valence electrons. The van der Waals surface area contributed by atoms with E-state index in [4.69, 9.17) is 21.7 Å². The Morgan fingerprint density at radius 2 is 1.71 bits per heavy atom. The van der Waals surface area contributed by atoms with E-state index in [1.807, 2.05) is 53.3 Å². The predicted molar refractivity (Wildman–Crippen MR) is 140 cm³/mol. The Kier molecular flexibility index (Phi) is 7.68. The minimum absolute atomic E-state index is 0.106. The molecule has 2 heterocycles. The lowest BCUT2D eigenvalue weighted by molar-refractivity contribution is -0.0763. The number of nitrogens with zero attached hydrogens (tertiary/aromatic N) is 4. The second-order valence-electron chi connectivity index (χ2n) is 8.89. The van der Waals surface area contributed by atoms with Gasteiger partial charge in [-0.15, -0.1) is 0 Å². The first-order chi connectivity index (χ1) is 16.7. The maximum Gasteiger partial charge on any atom is 0.243 e. The lowest BCUT2D eigenvalue weighted by Crippen LogP contribution is -2.45. The third-order valence-corrected chi connectivity index (χ3v) is 8.86. The zero-order valence-corrected chi connectivity index (χ0v) is 22.6. The zero-order valence-electron chi connectivity index (χ0n) is 21.0. The van der Waals surface area contributed by atoms with Crippen molar-refractivity contribution in [3.05, 3.63) is 47.2 Å². The maximum absolute atomic E-state index is 13.3. The summed E-state index contributed by atoms with van der Waals surface area (Å²) in [5.74, 6) is 0.691. The highest BCUT2D eigenvalue weighted by molar-refractivity contribution is 7.89. The van der Waals surface area contributed by atoms with Gasteiger partial charge in [-0.1, -0.05) is 26.0 Å². The van der Waals surface area contributed by atoms with Crippen LogP contribution in [0.25, 0.3) is 16.7 Å². The second kappa shape index (κ2) is 10.4. The molecule has 0 radical (unpaired) electrons. The molecule has 35 heavy (non-hydrogen) atoms. The van der Waals surface area contributed by atoms with E-state index < -0.39 is 10.0 Å². The molecule has 1 aliphatic rings. The Morgan fingerprint density at radius 3 is 2.34 bits per heavy atom. The van der Waals surface area contributed by atoms with E-state index in [-0.39, 0.29) is 17.1 Å². The number of sulfonamides is 1. The lowest BCUT2D eigenvalue weighted by Gasteiger charge is -2.35. The van der Waals surface area contributed by atoms with Crippen LogP contribution in [-0.2, 0) is 21.4 Å². The summed E-state index contributed by atoms with van der Waals surface area (Å²) in [4.78, 5) is 2.56. The number of methoxy groups -OCH3 is 1. The highest BCUT2D eigenvalue weighted by Crippen LogP contribution is 2.31. The smallest absolute Gasteiger partial charge is 0.243 e. The average Bonchev–Trinajstić information content (AvgIpc) is 3.09. The molecule has 2 atom stereocenters. The van der Waals surface area contributed by atoms with Gasteiger partial charge in [-0.2, -0.15) is 4.31 Å². The topological polar surface area (TPSA) is 68.9 Å². The van der Waals surface area contributed by atoms with E-state index in [1.165, 1.54) is 4.31 Å². The van der Waals surface area contributed by atoms with Crippen molar-refractivity contribution in [2.24, 2.45) is 0 Å². The standard InChI is InChI=1S/C25H34N4O4S2/c1-6-27(7-2)35(30,31)20-12-13-21-23(14-20)28(17-26-15-18(3)33-19(4)16-26)25(34)29(21)22-10-8-9-11-24(22)32-5/h8-14,18-19H,6-7,15-17H2,1-5H3/t18-,19-/m1/s1. The Balaban J connectivity index is 1.93. The number of morpholine rings is 1. The van der Waals surface area contributed by atoms with Crippen molar-refractivity contribution in [1.29, 1.82) is 0 Å². The van der Waals surface area contributed by atoms with Crippen molar-refractivity contribution in [2.45, 2.75) is 51.5 Å². The second-order valence-corrected chi connectivity index (χ2v) is 11.2. The summed E-state index contributed by atoms with van der Waals surface area (Å²) in [7, 11) is -1.99. The number of ether oxygens (including phenoxy) is 2. The quantitative estimate of drug-likeness (QED) is 0.415. The van der Waals surface area contributed by atoms with Crippen LogP contribution in [0, 0.1) is 4.77 Å². The first-order valence-corrected chi connectivity index (χ1v) is 13.8. The van der Waals surface area contributed by atoms with Crippen molar-refractivity contribution in [3.63, 3.8) is 0 Å². The number of para-hydroxylation sites is 2. The van der Waals surface area contributed by atoms with Crippen LogP contribution < -0.4 is 4.74 Å². The van der Waals surface area contributed by atoms with Crippen LogP contribution >= 0.6 is 12.2 Å². The van der Waals surface area contributed by atoms with Gasteiger partial charge in [-0.3, -0.25) is 9.47 Å². The molecule has 1 saturated heterocycles. The van der Waals surface area contributed by atoms with E-state index >= 15 is 0 Å². The average molecular weight is 519 g/mol. The largest absolute Gasteiger partial charge is 0.495 e. The molecule has 0 aliphatic carbocycles. The number of aromatic nitrogens is 2. The molecule has 3 aromatic rings. The number of hydrogen-bond acceptors (Lipinski definition) is 6. The number of fused-ring (bicyclic) bond motifs is 1. The van der Waals surface area contributed by atoms with Gasteiger partial charge in [0.25, 0.3) is 0 Å². The summed E-state index contributed by atoms with van der Waals surface area (Å²) in [5, 5.41) is 0. The molecular weight excluding hydrogens is 484 g/mol. The molecule has 2 aromatic carbocycles. The molecule has 0 unspecified atom stereocenters. The normalized spacial score (nSPS) is 19.5. The van der Waals surface area contributed by atoms with E-state index in [2.05, 4.69) is 18.7 Å². The Bertz CT molecular complexity index is 1350. The van der Waals surface area contributed by atoms with Crippen LogP contribution in [0.15, 0.2) is 47.4 Å². The summed E-state index contributed by atoms with van der Waals surface area (Å²) < 4.78 is 44.2. The fraction of sp³-hybridized carbons (Fsp3) is 0.480. The van der Waals surface area contributed by atoms with Crippen molar-refractivity contribution in [3.8, 4) is 11.4 Å². The number of rotatable bonds is 8. The van der Waals surface area contributed by atoms with Crippen LogP contribution in [0.2, 0.25) is 0 Å². The Hall–Kier alpha value is -2.24. The van der Waals surface area contributed by atoms with Crippen LogP contribution in [0.1, 0.15) is 27.7 Å². The van der Waals surface area contributed by atoms with Gasteiger partial charge in [0, 0.05) is 26.2 Å². The molecule has 8 nitrogen and oxygen atoms in total. The van der Waals surface area contributed by atoms with Gasteiger partial charge in [-0.05, 0) is 56.4 Å². The van der Waals surface area contributed by atoms with E-state index in [1.54, 1.807) is 19.2 Å². The predicted octanol–water partition coefficient (Wildman–Crippen LogP) is 4.27. The molecule has 1 fully saturated rings. The van der Waals surface area contributed by atoms with Gasteiger partial charge in [0.1, 0.15) is 5.75 Å². The van der Waals surface area contributed by atoms with Crippen LogP contribution in [0.3, 0.4) is 0 Å². The molecule has 4 rings (SSSR count). The van der Waals surface area contributed by atoms with Crippen molar-refractivity contribution >= 4 is 33.3 Å². The SMILES string of the molecule is CCN(CC)S(=O)(=O)c1ccc2c(c1)n(CN1C[C@@H](C)O[C@H](C)C1)c(=S)n2-c1ccccc1OC. The molecule has 1 aromatic heterocycles.